The Hall–Kier alpha value is -3.07. The molecule has 0 saturated heterocycles. The molecule has 265 valence electrons. The number of aryl methyl sites for hydroxylation is 2. The van der Waals surface area contributed by atoms with E-state index in [1.54, 1.807) is 0 Å². The van der Waals surface area contributed by atoms with Gasteiger partial charge in [0.15, 0.2) is 5.78 Å². The Labute approximate surface area is 310 Å². The second-order valence-corrected chi connectivity index (χ2v) is 15.5. The molecule has 0 unspecified atom stereocenters. The van der Waals surface area contributed by atoms with Crippen LogP contribution in [0.3, 0.4) is 0 Å². The summed E-state index contributed by atoms with van der Waals surface area (Å²) in [6, 6.07) is 23.8. The molecular formula is C45H58IrNO2-. The third-order valence-electron chi connectivity index (χ3n) is 11.3. The number of benzene rings is 3. The zero-order valence-corrected chi connectivity index (χ0v) is 34.4. The van der Waals surface area contributed by atoms with Crippen molar-refractivity contribution in [2.24, 2.45) is 16.7 Å². The van der Waals surface area contributed by atoms with Crippen LogP contribution in [0.25, 0.3) is 33.3 Å². The van der Waals surface area contributed by atoms with Crippen LogP contribution in [0, 0.1) is 36.7 Å². The monoisotopic (exact) mass is 837 g/mol. The Morgan fingerprint density at radius 2 is 1.49 bits per heavy atom. The second-order valence-electron chi connectivity index (χ2n) is 15.5. The van der Waals surface area contributed by atoms with E-state index >= 15 is 0 Å². The smallest absolute Gasteiger partial charge is 0.164 e. The molecule has 0 atom stereocenters. The van der Waals surface area contributed by atoms with Gasteiger partial charge >= 0.3 is 0 Å². The molecule has 0 fully saturated rings. The van der Waals surface area contributed by atoms with Crippen LogP contribution in [0.15, 0.2) is 66.4 Å². The van der Waals surface area contributed by atoms with Gasteiger partial charge in [-0.1, -0.05) is 113 Å². The average molecular weight is 837 g/mol. The molecule has 1 aliphatic carbocycles. The van der Waals surface area contributed by atoms with E-state index in [4.69, 9.17) is 4.98 Å². The first-order valence-corrected chi connectivity index (χ1v) is 18.1. The fourth-order valence-electron chi connectivity index (χ4n) is 6.95. The van der Waals surface area contributed by atoms with Gasteiger partial charge in [-0.2, -0.15) is 0 Å². The fourth-order valence-corrected chi connectivity index (χ4v) is 6.95. The number of rotatable bonds is 10. The maximum Gasteiger partial charge on any atom is 0.164 e. The van der Waals surface area contributed by atoms with Crippen LogP contribution in [0.4, 0.5) is 0 Å². The van der Waals surface area contributed by atoms with Crippen molar-refractivity contribution < 1.29 is 30.0 Å². The normalized spacial score (nSPS) is 13.8. The molecule has 0 aliphatic heterocycles. The Bertz CT molecular complexity index is 1800. The molecule has 5 rings (SSSR count). The number of hydrogen-bond acceptors (Lipinski definition) is 3. The van der Waals surface area contributed by atoms with Crippen molar-refractivity contribution in [2.45, 2.75) is 121 Å². The molecule has 0 bridgehead atoms. The van der Waals surface area contributed by atoms with E-state index in [1.165, 1.54) is 44.8 Å². The summed E-state index contributed by atoms with van der Waals surface area (Å²) in [5, 5.41) is 11.4. The third kappa shape index (κ3) is 8.29. The molecule has 1 aromatic heterocycles. The average Bonchev–Trinajstić information content (AvgIpc) is 3.28. The summed E-state index contributed by atoms with van der Waals surface area (Å²) in [7, 11) is 0. The standard InChI is InChI=1S/C30H30N.C15H28O2.Ir/c1-18(2)11-21-15-28(22-13-19(3)12-20(4)14-22)31-29-17-27-25(16-24(21)29)23-9-7-8-10-26(23)30(27,5)6;1-7-14(5,8-2)12(16)11-13(17)15(6,9-3)10-4;/h7-10,12-13,15-18H,11H2,1-6H3;11,16H,7-10H2,1-6H3;/q-1;;. The first-order valence-electron chi connectivity index (χ1n) is 18.1. The minimum absolute atomic E-state index is 0. The number of ketones is 1. The van der Waals surface area contributed by atoms with Crippen LogP contribution in [-0.4, -0.2) is 15.9 Å². The third-order valence-corrected chi connectivity index (χ3v) is 11.3. The van der Waals surface area contributed by atoms with Gasteiger partial charge in [0, 0.05) is 47.8 Å². The first kappa shape index (κ1) is 40.4. The molecule has 4 aromatic rings. The van der Waals surface area contributed by atoms with Crippen LogP contribution in [-0.2, 0) is 36.7 Å². The number of aliphatic hydroxyl groups excluding tert-OH is 1. The number of allylic oxidation sites excluding steroid dienone is 2. The van der Waals surface area contributed by atoms with E-state index in [0.29, 0.717) is 5.92 Å². The van der Waals surface area contributed by atoms with E-state index in [2.05, 4.69) is 102 Å². The number of fused-ring (bicyclic) bond motifs is 4. The maximum atomic E-state index is 12.2. The SMILES string of the molecule is CCC(C)(CC)C(=O)C=C(O)C(C)(CC)CC.Cc1[c-]c(-c2cc(CC(C)C)c3cc4c(cc3n2)C(C)(C)c2ccccc2-4)cc(C)c1.[Ir]. The minimum atomic E-state index is -0.337. The largest absolute Gasteiger partial charge is 0.512 e. The number of nitrogens with zero attached hydrogens (tertiary/aromatic N) is 1. The summed E-state index contributed by atoms with van der Waals surface area (Å²) >= 11 is 0. The molecule has 0 saturated carbocycles. The maximum absolute atomic E-state index is 12.2. The van der Waals surface area contributed by atoms with Gasteiger partial charge in [-0.3, -0.25) is 9.78 Å². The summed E-state index contributed by atoms with van der Waals surface area (Å²) in [6.07, 6.45) is 5.80. The molecule has 0 amide bonds. The van der Waals surface area contributed by atoms with Crippen molar-refractivity contribution in [3.63, 3.8) is 0 Å². The zero-order chi connectivity index (χ0) is 35.6. The van der Waals surface area contributed by atoms with Crippen molar-refractivity contribution in [3.8, 4) is 22.4 Å². The molecule has 0 spiro atoms. The van der Waals surface area contributed by atoms with Crippen molar-refractivity contribution in [3.05, 3.63) is 100 Å². The van der Waals surface area contributed by atoms with Gasteiger partial charge in [0.2, 0.25) is 0 Å². The summed E-state index contributed by atoms with van der Waals surface area (Å²) in [6.45, 7) is 25.6. The van der Waals surface area contributed by atoms with Gasteiger partial charge in [-0.25, -0.2) is 0 Å². The molecule has 3 nitrogen and oxygen atoms in total. The van der Waals surface area contributed by atoms with Gasteiger partial charge in [0.25, 0.3) is 0 Å². The molecule has 3 aromatic carbocycles. The fraction of sp³-hybridized carbons (Fsp3) is 0.467. The Kier molecular flexibility index (Phi) is 13.1. The molecule has 1 radical (unpaired) electrons. The summed E-state index contributed by atoms with van der Waals surface area (Å²) in [5.74, 6) is 0.868. The predicted molar refractivity (Wildman–Crippen MR) is 205 cm³/mol. The van der Waals surface area contributed by atoms with Crippen molar-refractivity contribution in [1.82, 2.24) is 4.98 Å². The number of aliphatic hydroxyl groups is 1. The van der Waals surface area contributed by atoms with E-state index in [-0.39, 0.29) is 47.9 Å². The van der Waals surface area contributed by atoms with Crippen LogP contribution in [0.5, 0.6) is 0 Å². The molecule has 1 N–H and O–H groups in total. The van der Waals surface area contributed by atoms with Gasteiger partial charge < -0.3 is 5.11 Å². The topological polar surface area (TPSA) is 50.2 Å². The van der Waals surface area contributed by atoms with Crippen molar-refractivity contribution in [2.75, 3.05) is 0 Å². The van der Waals surface area contributed by atoms with Gasteiger partial charge in [0.05, 0.1) is 5.52 Å². The first-order chi connectivity index (χ1) is 22.5. The quantitative estimate of drug-likeness (QED) is 0.0983. The number of pyridine rings is 1. The number of hydrogen-bond donors (Lipinski definition) is 1. The molecule has 4 heteroatoms. The molecule has 1 aliphatic rings. The minimum Gasteiger partial charge on any atom is -0.512 e. The van der Waals surface area contributed by atoms with Crippen LogP contribution in [0.2, 0.25) is 0 Å². The molecule has 1 heterocycles. The van der Waals surface area contributed by atoms with Crippen LogP contribution < -0.4 is 0 Å². The van der Waals surface area contributed by atoms with E-state index in [1.807, 2.05) is 41.5 Å². The van der Waals surface area contributed by atoms with Gasteiger partial charge in [-0.15, -0.1) is 34.9 Å². The summed E-state index contributed by atoms with van der Waals surface area (Å²) in [5.41, 5.74) is 11.9. The Balaban J connectivity index is 0.000000312. The van der Waals surface area contributed by atoms with E-state index in [0.717, 1.165) is 54.4 Å². The molecule has 49 heavy (non-hydrogen) atoms. The molecular weight excluding hydrogens is 779 g/mol. The second kappa shape index (κ2) is 15.9. The summed E-state index contributed by atoms with van der Waals surface area (Å²) < 4.78 is 0. The van der Waals surface area contributed by atoms with E-state index in [9.17, 15) is 9.90 Å². The van der Waals surface area contributed by atoms with Crippen molar-refractivity contribution >= 4 is 16.7 Å². The number of carbonyl (C=O) groups is 1. The van der Waals surface area contributed by atoms with Crippen LogP contribution in [0.1, 0.15) is 123 Å². The van der Waals surface area contributed by atoms with E-state index < -0.39 is 0 Å². The van der Waals surface area contributed by atoms with Crippen LogP contribution >= 0.6 is 0 Å². The van der Waals surface area contributed by atoms with Gasteiger partial charge in [0.1, 0.15) is 5.76 Å². The number of aromatic nitrogens is 1. The zero-order valence-electron chi connectivity index (χ0n) is 32.0. The van der Waals surface area contributed by atoms with Crippen molar-refractivity contribution in [1.29, 1.82) is 0 Å². The predicted octanol–water partition coefficient (Wildman–Crippen LogP) is 12.5. The number of carbonyl (C=O) groups excluding carboxylic acids is 1. The Morgan fingerprint density at radius 3 is 2.06 bits per heavy atom. The summed E-state index contributed by atoms with van der Waals surface area (Å²) in [4.78, 5) is 17.3. The van der Waals surface area contributed by atoms with Gasteiger partial charge in [-0.05, 0) is 83.7 Å². The Morgan fingerprint density at radius 1 is 0.878 bits per heavy atom.